The van der Waals surface area contributed by atoms with Gasteiger partial charge in [0.1, 0.15) is 0 Å². The van der Waals surface area contributed by atoms with Crippen molar-refractivity contribution >= 4 is 17.5 Å². The van der Waals surface area contributed by atoms with Crippen molar-refractivity contribution in [2.24, 2.45) is 5.92 Å². The van der Waals surface area contributed by atoms with Gasteiger partial charge in [-0.2, -0.15) is 13.2 Å². The van der Waals surface area contributed by atoms with Crippen LogP contribution in [0.4, 0.5) is 24.8 Å². The van der Waals surface area contributed by atoms with Gasteiger partial charge in [0.15, 0.2) is 5.69 Å². The summed E-state index contributed by atoms with van der Waals surface area (Å²) in [5.74, 6) is -0.672. The number of alkyl halides is 3. The number of rotatable bonds is 5. The summed E-state index contributed by atoms with van der Waals surface area (Å²) in [5.41, 5.74) is 1.67. The Morgan fingerprint density at radius 1 is 1.10 bits per heavy atom. The van der Waals surface area contributed by atoms with E-state index in [-0.39, 0.29) is 5.95 Å². The molecule has 0 atom stereocenters. The molecule has 0 saturated heterocycles. The molecule has 1 aliphatic carbocycles. The van der Waals surface area contributed by atoms with E-state index in [4.69, 9.17) is 0 Å². The number of benzene rings is 1. The highest BCUT2D eigenvalue weighted by atomic mass is 19.4. The maximum atomic E-state index is 13.6. The van der Waals surface area contributed by atoms with E-state index in [2.05, 4.69) is 20.6 Å². The minimum Gasteiger partial charge on any atom is -0.352 e. The second-order valence-electron chi connectivity index (χ2n) is 8.07. The average Bonchev–Trinajstić information content (AvgIpc) is 2.69. The molecule has 3 rings (SSSR count). The Kier molecular flexibility index (Phi) is 6.63. The molecule has 1 aromatic heterocycles. The standard InChI is InChI=1S/C22H27F3N4O/c1-13-9-14(2)18(15(3)10-13)28-21-27-12-17(19(29-21)22(23,24)25)20(30)26-11-16-7-5-4-6-8-16/h9-10,12,16H,4-8,11H2,1-3H3,(H,26,30)(H,27,28,29). The summed E-state index contributed by atoms with van der Waals surface area (Å²) >= 11 is 0. The summed E-state index contributed by atoms with van der Waals surface area (Å²) in [6, 6.07) is 3.85. The van der Waals surface area contributed by atoms with Crippen molar-refractivity contribution in [3.8, 4) is 0 Å². The number of amides is 1. The van der Waals surface area contributed by atoms with Crippen molar-refractivity contribution in [3.05, 3.63) is 46.3 Å². The van der Waals surface area contributed by atoms with Crippen molar-refractivity contribution in [1.82, 2.24) is 15.3 Å². The molecule has 162 valence electrons. The third-order valence-corrected chi connectivity index (χ3v) is 5.49. The van der Waals surface area contributed by atoms with Crippen LogP contribution in [0.1, 0.15) is 64.8 Å². The SMILES string of the molecule is Cc1cc(C)c(Nc2ncc(C(=O)NCC3CCCCC3)c(C(F)(F)F)n2)c(C)c1. The first-order chi connectivity index (χ1) is 14.1. The summed E-state index contributed by atoms with van der Waals surface area (Å²) in [6.45, 7) is 6.04. The monoisotopic (exact) mass is 420 g/mol. The van der Waals surface area contributed by atoms with E-state index in [0.717, 1.165) is 48.6 Å². The summed E-state index contributed by atoms with van der Waals surface area (Å²) in [4.78, 5) is 20.1. The number of aryl methyl sites for hydroxylation is 3. The quantitative estimate of drug-likeness (QED) is 0.673. The first-order valence-corrected chi connectivity index (χ1v) is 10.2. The van der Waals surface area contributed by atoms with Crippen molar-refractivity contribution in [2.75, 3.05) is 11.9 Å². The lowest BCUT2D eigenvalue weighted by Crippen LogP contribution is -2.32. The zero-order valence-corrected chi connectivity index (χ0v) is 17.5. The molecule has 30 heavy (non-hydrogen) atoms. The Bertz CT molecular complexity index is 898. The number of aromatic nitrogens is 2. The number of nitrogens with one attached hydrogen (secondary N) is 2. The van der Waals surface area contributed by atoms with Crippen LogP contribution in [0.15, 0.2) is 18.3 Å². The van der Waals surface area contributed by atoms with E-state index < -0.39 is 23.3 Å². The largest absolute Gasteiger partial charge is 0.434 e. The third-order valence-electron chi connectivity index (χ3n) is 5.49. The third kappa shape index (κ3) is 5.29. The molecule has 8 heteroatoms. The lowest BCUT2D eigenvalue weighted by atomic mass is 9.89. The fraction of sp³-hybridized carbons (Fsp3) is 0.500. The van der Waals surface area contributed by atoms with Gasteiger partial charge >= 0.3 is 6.18 Å². The highest BCUT2D eigenvalue weighted by Gasteiger charge is 2.38. The van der Waals surface area contributed by atoms with Crippen molar-refractivity contribution < 1.29 is 18.0 Å². The van der Waals surface area contributed by atoms with Crippen molar-refractivity contribution in [1.29, 1.82) is 0 Å². The number of nitrogens with zero attached hydrogens (tertiary/aromatic N) is 2. The smallest absolute Gasteiger partial charge is 0.352 e. The van der Waals surface area contributed by atoms with Crippen LogP contribution in [0.2, 0.25) is 0 Å². The van der Waals surface area contributed by atoms with Crippen molar-refractivity contribution in [3.63, 3.8) is 0 Å². The molecule has 2 aromatic rings. The molecule has 2 N–H and O–H groups in total. The maximum absolute atomic E-state index is 13.6. The van der Waals surface area contributed by atoms with Gasteiger partial charge in [-0.05, 0) is 50.7 Å². The highest BCUT2D eigenvalue weighted by Crippen LogP contribution is 2.32. The fourth-order valence-electron chi connectivity index (χ4n) is 4.04. The van der Waals surface area contributed by atoms with Crippen LogP contribution in [0.25, 0.3) is 0 Å². The molecular formula is C22H27F3N4O. The number of hydrogen-bond acceptors (Lipinski definition) is 4. The van der Waals surface area contributed by atoms with Gasteiger partial charge in [0.05, 0.1) is 5.56 Å². The van der Waals surface area contributed by atoms with Crippen molar-refractivity contribution in [2.45, 2.75) is 59.1 Å². The van der Waals surface area contributed by atoms with Gasteiger partial charge in [-0.25, -0.2) is 9.97 Å². The van der Waals surface area contributed by atoms with E-state index in [1.165, 1.54) is 6.42 Å². The van der Waals surface area contributed by atoms with E-state index in [0.29, 0.717) is 18.2 Å². The summed E-state index contributed by atoms with van der Waals surface area (Å²) in [6.07, 6.45) is 1.51. The highest BCUT2D eigenvalue weighted by molar-refractivity contribution is 5.95. The molecule has 0 aliphatic heterocycles. The zero-order chi connectivity index (χ0) is 21.9. The molecule has 0 radical (unpaired) electrons. The molecule has 1 aliphatic rings. The molecule has 1 saturated carbocycles. The Hall–Kier alpha value is -2.64. The van der Waals surface area contributed by atoms with Crippen LogP contribution >= 0.6 is 0 Å². The summed E-state index contributed by atoms with van der Waals surface area (Å²) in [5, 5.41) is 5.51. The Labute approximate surface area is 174 Å². The van der Waals surface area contributed by atoms with Gasteiger partial charge in [0.2, 0.25) is 5.95 Å². The van der Waals surface area contributed by atoms with Crippen LogP contribution in [0.5, 0.6) is 0 Å². The molecule has 5 nitrogen and oxygen atoms in total. The van der Waals surface area contributed by atoms with E-state index in [9.17, 15) is 18.0 Å². The predicted octanol–water partition coefficient (Wildman–Crippen LogP) is 5.47. The number of hydrogen-bond donors (Lipinski definition) is 2. The normalized spacial score (nSPS) is 15.1. The van der Waals surface area contributed by atoms with Gasteiger partial charge in [0.25, 0.3) is 5.91 Å². The van der Waals surface area contributed by atoms with Crippen LogP contribution in [-0.2, 0) is 6.18 Å². The topological polar surface area (TPSA) is 66.9 Å². The molecule has 1 aromatic carbocycles. The number of anilines is 2. The van der Waals surface area contributed by atoms with Crippen LogP contribution < -0.4 is 10.6 Å². The number of carbonyl (C=O) groups is 1. The lowest BCUT2D eigenvalue weighted by Gasteiger charge is -2.22. The first-order valence-electron chi connectivity index (χ1n) is 10.2. The van der Waals surface area contributed by atoms with Gasteiger partial charge in [-0.3, -0.25) is 4.79 Å². The lowest BCUT2D eigenvalue weighted by molar-refractivity contribution is -0.141. The molecule has 1 heterocycles. The van der Waals surface area contributed by atoms with Gasteiger partial charge in [-0.15, -0.1) is 0 Å². The van der Waals surface area contributed by atoms with Crippen LogP contribution in [0, 0.1) is 26.7 Å². The van der Waals surface area contributed by atoms with E-state index in [1.807, 2.05) is 32.9 Å². The van der Waals surface area contributed by atoms with Gasteiger partial charge in [0, 0.05) is 18.4 Å². The second kappa shape index (κ2) is 9.02. The van der Waals surface area contributed by atoms with Crippen LogP contribution in [0.3, 0.4) is 0 Å². The Balaban J connectivity index is 1.82. The minimum absolute atomic E-state index is 0.193. The molecule has 1 fully saturated rings. The predicted molar refractivity (Wildman–Crippen MR) is 110 cm³/mol. The molecule has 0 bridgehead atoms. The van der Waals surface area contributed by atoms with Gasteiger partial charge in [-0.1, -0.05) is 37.0 Å². The second-order valence-corrected chi connectivity index (χ2v) is 8.07. The summed E-state index contributed by atoms with van der Waals surface area (Å²) < 4.78 is 40.9. The first kappa shape index (κ1) is 22.1. The zero-order valence-electron chi connectivity index (χ0n) is 17.5. The molecular weight excluding hydrogens is 393 g/mol. The Morgan fingerprint density at radius 2 is 1.73 bits per heavy atom. The van der Waals surface area contributed by atoms with E-state index in [1.54, 1.807) is 0 Å². The maximum Gasteiger partial charge on any atom is 0.434 e. The summed E-state index contributed by atoms with van der Waals surface area (Å²) in [7, 11) is 0. The van der Waals surface area contributed by atoms with E-state index >= 15 is 0 Å². The number of carbonyl (C=O) groups excluding carboxylic acids is 1. The average molecular weight is 420 g/mol. The molecule has 0 spiro atoms. The van der Waals surface area contributed by atoms with Crippen LogP contribution in [-0.4, -0.2) is 22.4 Å². The minimum atomic E-state index is -4.77. The number of halogens is 3. The molecule has 0 unspecified atom stereocenters. The Morgan fingerprint density at radius 3 is 2.33 bits per heavy atom. The van der Waals surface area contributed by atoms with Gasteiger partial charge < -0.3 is 10.6 Å². The fourth-order valence-corrected chi connectivity index (χ4v) is 4.04. The molecule has 1 amide bonds.